The molecule has 3 aromatic rings. The molecule has 40 heavy (non-hydrogen) atoms. The van der Waals surface area contributed by atoms with Crippen molar-refractivity contribution in [3.8, 4) is 0 Å². The predicted molar refractivity (Wildman–Crippen MR) is 153 cm³/mol. The van der Waals surface area contributed by atoms with Crippen LogP contribution in [0.2, 0.25) is 0 Å². The molecule has 7 rings (SSSR count). The maximum absolute atomic E-state index is 14.7. The summed E-state index contributed by atoms with van der Waals surface area (Å²) in [6, 6.07) is 16.6. The van der Waals surface area contributed by atoms with E-state index in [1.54, 1.807) is 24.4 Å². The van der Waals surface area contributed by atoms with Gasteiger partial charge in [-0.2, -0.15) is 0 Å². The lowest BCUT2D eigenvalue weighted by atomic mass is 9.79. The Bertz CT molecular complexity index is 1590. The van der Waals surface area contributed by atoms with Crippen LogP contribution in [0.25, 0.3) is 6.08 Å². The minimum Gasteiger partial charge on any atom is -0.310 e. The maximum Gasteiger partial charge on any atom is 0.275 e. The number of anilines is 1. The second-order valence-electron chi connectivity index (χ2n) is 11.5. The molecule has 1 fully saturated rings. The molecule has 7 heteroatoms. The SMILES string of the molecule is O=C1C(c2ccccc2F)=NC2(CCCCCC2)N1CC=Cc1ccc2c(c1)CC1(C2)C(=O)Nc2ncccc21. The van der Waals surface area contributed by atoms with Crippen molar-refractivity contribution in [3.05, 3.63) is 101 Å². The van der Waals surface area contributed by atoms with Gasteiger partial charge in [-0.1, -0.05) is 61.4 Å². The second kappa shape index (κ2) is 9.51. The van der Waals surface area contributed by atoms with Crippen molar-refractivity contribution in [2.24, 2.45) is 4.99 Å². The molecule has 3 heterocycles. The standard InChI is InChI=1S/C33H31FN4O2/c34-27-12-4-3-10-25(27)28-30(39)38(33(37-28)15-5-1-2-6-16-33)18-8-9-22-13-14-23-20-32(21-24(23)19-22)26-11-7-17-35-29(26)36-31(32)40/h3-4,7-14,17,19H,1-2,5-6,15-16,18,20-21H2,(H,35,36,40). The molecule has 0 saturated heterocycles. The van der Waals surface area contributed by atoms with Crippen molar-refractivity contribution in [3.63, 3.8) is 0 Å². The van der Waals surface area contributed by atoms with E-state index in [-0.39, 0.29) is 23.1 Å². The summed E-state index contributed by atoms with van der Waals surface area (Å²) >= 11 is 0. The molecule has 202 valence electrons. The van der Waals surface area contributed by atoms with Gasteiger partial charge in [-0.05, 0) is 73.4 Å². The highest BCUT2D eigenvalue weighted by Crippen LogP contribution is 2.46. The minimum absolute atomic E-state index is 0.0152. The zero-order valence-electron chi connectivity index (χ0n) is 22.3. The Morgan fingerprint density at radius 3 is 2.58 bits per heavy atom. The van der Waals surface area contributed by atoms with Gasteiger partial charge in [-0.15, -0.1) is 0 Å². The Kier molecular flexibility index (Phi) is 5.91. The van der Waals surface area contributed by atoms with Gasteiger partial charge in [0.15, 0.2) is 0 Å². The van der Waals surface area contributed by atoms with Crippen LogP contribution in [0.1, 0.15) is 66.3 Å². The summed E-state index contributed by atoms with van der Waals surface area (Å²) in [6.07, 6.45) is 12.9. The number of rotatable bonds is 4. The summed E-state index contributed by atoms with van der Waals surface area (Å²) in [5.74, 6) is 0.0644. The number of halogens is 1. The van der Waals surface area contributed by atoms with Crippen molar-refractivity contribution in [1.82, 2.24) is 9.88 Å². The third-order valence-electron chi connectivity index (χ3n) is 9.11. The number of fused-ring (bicyclic) bond motifs is 3. The smallest absolute Gasteiger partial charge is 0.275 e. The molecule has 2 aromatic carbocycles. The molecule has 1 saturated carbocycles. The van der Waals surface area contributed by atoms with Crippen molar-refractivity contribution in [2.45, 2.75) is 62.4 Å². The van der Waals surface area contributed by atoms with Crippen LogP contribution in [0.3, 0.4) is 0 Å². The van der Waals surface area contributed by atoms with Gasteiger partial charge in [0.25, 0.3) is 5.91 Å². The van der Waals surface area contributed by atoms with Gasteiger partial charge in [-0.25, -0.2) is 9.37 Å². The second-order valence-corrected chi connectivity index (χ2v) is 11.5. The molecule has 2 amide bonds. The van der Waals surface area contributed by atoms with Gasteiger partial charge in [0.2, 0.25) is 5.91 Å². The number of benzene rings is 2. The fraction of sp³-hybridized carbons (Fsp3) is 0.333. The Morgan fingerprint density at radius 2 is 1.75 bits per heavy atom. The highest BCUT2D eigenvalue weighted by Gasteiger charge is 2.51. The van der Waals surface area contributed by atoms with Gasteiger partial charge in [0.1, 0.15) is 23.0 Å². The molecule has 2 aliphatic heterocycles. The first-order valence-corrected chi connectivity index (χ1v) is 14.2. The van der Waals surface area contributed by atoms with Crippen LogP contribution in [0.4, 0.5) is 10.2 Å². The van der Waals surface area contributed by atoms with E-state index in [2.05, 4.69) is 28.5 Å². The Hall–Kier alpha value is -4.13. The van der Waals surface area contributed by atoms with E-state index in [4.69, 9.17) is 4.99 Å². The Labute approximate surface area is 233 Å². The Morgan fingerprint density at radius 1 is 0.950 bits per heavy atom. The van der Waals surface area contributed by atoms with Crippen LogP contribution in [0.15, 0.2) is 71.9 Å². The van der Waals surface area contributed by atoms with Gasteiger partial charge >= 0.3 is 0 Å². The number of hydrogen-bond acceptors (Lipinski definition) is 4. The number of hydrogen-bond donors (Lipinski definition) is 1. The van der Waals surface area contributed by atoms with E-state index in [1.165, 1.54) is 11.6 Å². The topological polar surface area (TPSA) is 74.7 Å². The predicted octanol–water partition coefficient (Wildman–Crippen LogP) is 5.60. The van der Waals surface area contributed by atoms with E-state index < -0.39 is 16.9 Å². The van der Waals surface area contributed by atoms with Gasteiger partial charge in [0.05, 0.1) is 5.41 Å². The summed E-state index contributed by atoms with van der Waals surface area (Å²) < 4.78 is 14.7. The fourth-order valence-corrected chi connectivity index (χ4v) is 7.08. The molecular formula is C33H31FN4O2. The first-order chi connectivity index (χ1) is 19.5. The number of pyridine rings is 1. The third-order valence-corrected chi connectivity index (χ3v) is 9.11. The normalized spacial score (nSPS) is 23.0. The van der Waals surface area contributed by atoms with Gasteiger partial charge < -0.3 is 10.2 Å². The van der Waals surface area contributed by atoms with Crippen molar-refractivity contribution >= 4 is 29.4 Å². The highest BCUT2D eigenvalue weighted by atomic mass is 19.1. The van der Waals surface area contributed by atoms with Crippen molar-refractivity contribution in [2.75, 3.05) is 11.9 Å². The zero-order chi connectivity index (χ0) is 27.3. The minimum atomic E-state index is -0.614. The molecule has 2 spiro atoms. The van der Waals surface area contributed by atoms with Crippen molar-refractivity contribution in [1.29, 1.82) is 0 Å². The summed E-state index contributed by atoms with van der Waals surface area (Å²) in [5, 5.41) is 2.96. The number of nitrogens with one attached hydrogen (secondary N) is 1. The lowest BCUT2D eigenvalue weighted by Gasteiger charge is -2.35. The number of carbonyl (C=O) groups is 2. The number of aromatic nitrogens is 1. The first-order valence-electron chi connectivity index (χ1n) is 14.2. The van der Waals surface area contributed by atoms with E-state index in [0.717, 1.165) is 55.2 Å². The average Bonchev–Trinajstić information content (AvgIpc) is 3.48. The summed E-state index contributed by atoms with van der Waals surface area (Å²) in [7, 11) is 0. The lowest BCUT2D eigenvalue weighted by Crippen LogP contribution is -2.46. The largest absolute Gasteiger partial charge is 0.310 e. The van der Waals surface area contributed by atoms with Crippen LogP contribution < -0.4 is 5.32 Å². The summed E-state index contributed by atoms with van der Waals surface area (Å²) in [5.41, 5.74) is 3.65. The monoisotopic (exact) mass is 534 g/mol. The quantitative estimate of drug-likeness (QED) is 0.473. The molecule has 0 radical (unpaired) electrons. The molecule has 2 aliphatic carbocycles. The average molecular weight is 535 g/mol. The van der Waals surface area contributed by atoms with Crippen LogP contribution in [-0.4, -0.2) is 39.6 Å². The van der Waals surface area contributed by atoms with Crippen LogP contribution in [0.5, 0.6) is 0 Å². The number of aliphatic imine (C=N–C) groups is 1. The Balaban J connectivity index is 1.13. The molecule has 1 atom stereocenters. The molecule has 0 bridgehead atoms. The summed E-state index contributed by atoms with van der Waals surface area (Å²) in [4.78, 5) is 37.9. The van der Waals surface area contributed by atoms with E-state index >= 15 is 0 Å². The van der Waals surface area contributed by atoms with Crippen molar-refractivity contribution < 1.29 is 14.0 Å². The molecule has 1 unspecified atom stereocenters. The molecular weight excluding hydrogens is 503 g/mol. The molecule has 1 aromatic heterocycles. The molecule has 1 N–H and O–H groups in total. The van der Waals surface area contributed by atoms with E-state index in [9.17, 15) is 14.0 Å². The molecule has 4 aliphatic rings. The highest BCUT2D eigenvalue weighted by molar-refractivity contribution is 6.46. The molecule has 6 nitrogen and oxygen atoms in total. The fourth-order valence-electron chi connectivity index (χ4n) is 7.08. The van der Waals surface area contributed by atoms with Crippen LogP contribution >= 0.6 is 0 Å². The number of nitrogens with zero attached hydrogens (tertiary/aromatic N) is 3. The van der Waals surface area contributed by atoms with Crippen LogP contribution in [-0.2, 0) is 27.8 Å². The van der Waals surface area contributed by atoms with E-state index in [0.29, 0.717) is 25.2 Å². The lowest BCUT2D eigenvalue weighted by molar-refractivity contribution is -0.127. The third kappa shape index (κ3) is 3.90. The number of amides is 2. The number of carbonyl (C=O) groups excluding carboxylic acids is 2. The van der Waals surface area contributed by atoms with E-state index in [1.807, 2.05) is 29.2 Å². The van der Waals surface area contributed by atoms with Gasteiger partial charge in [0, 0.05) is 23.9 Å². The first kappa shape index (κ1) is 24.9. The van der Waals surface area contributed by atoms with Crippen LogP contribution in [0, 0.1) is 5.82 Å². The maximum atomic E-state index is 14.7. The van der Waals surface area contributed by atoms with Gasteiger partial charge in [-0.3, -0.25) is 14.6 Å². The zero-order valence-corrected chi connectivity index (χ0v) is 22.3. The summed E-state index contributed by atoms with van der Waals surface area (Å²) in [6.45, 7) is 0.406.